The van der Waals surface area contributed by atoms with E-state index in [0.717, 1.165) is 32.1 Å². The van der Waals surface area contributed by atoms with Gasteiger partial charge in [0.2, 0.25) is 0 Å². The van der Waals surface area contributed by atoms with Crippen LogP contribution in [0.25, 0.3) is 0 Å². The summed E-state index contributed by atoms with van der Waals surface area (Å²) in [7, 11) is 0. The Labute approximate surface area is 156 Å². The molecule has 0 aromatic heterocycles. The number of carbonyl (C=O) groups excluding carboxylic acids is 1. The van der Waals surface area contributed by atoms with E-state index in [1.807, 2.05) is 30.4 Å². The molecular weight excluding hydrogens is 328 g/mol. The van der Waals surface area contributed by atoms with Gasteiger partial charge in [0, 0.05) is 11.8 Å². The van der Waals surface area contributed by atoms with Crippen molar-refractivity contribution in [3.8, 4) is 0 Å². The SMILES string of the molecule is CCCC[C@H](C)[C@H](O)/C=C/[C@H]1C=CC(=O)[C@@H]1C/C=C\CC1CC1C(=O)O. The predicted molar refractivity (Wildman–Crippen MR) is 103 cm³/mol. The van der Waals surface area contributed by atoms with E-state index >= 15 is 0 Å². The molecule has 0 saturated heterocycles. The van der Waals surface area contributed by atoms with E-state index in [1.165, 1.54) is 0 Å². The first-order chi connectivity index (χ1) is 12.4. The Kier molecular flexibility index (Phi) is 7.83. The quantitative estimate of drug-likeness (QED) is 0.543. The standard InChI is InChI=1S/C22H32O4/c1-3-4-7-15(2)20(23)12-10-16-11-13-21(24)18(16)9-6-5-8-17-14-19(17)22(25)26/h5-6,10-13,15-20,23H,3-4,7-9,14H2,1-2H3,(H,25,26)/b6-5-,12-10+/t15-,16-,17?,18+,19?,20+/m0/s1. The number of hydrogen-bond donors (Lipinski definition) is 2. The van der Waals surface area contributed by atoms with Gasteiger partial charge >= 0.3 is 5.97 Å². The summed E-state index contributed by atoms with van der Waals surface area (Å²) in [4.78, 5) is 22.9. The summed E-state index contributed by atoms with van der Waals surface area (Å²) in [5.74, 6) is -0.324. The highest BCUT2D eigenvalue weighted by Crippen LogP contribution is 2.41. The molecule has 4 nitrogen and oxygen atoms in total. The van der Waals surface area contributed by atoms with Crippen LogP contribution >= 0.6 is 0 Å². The van der Waals surface area contributed by atoms with Crippen LogP contribution < -0.4 is 0 Å². The van der Waals surface area contributed by atoms with Crippen molar-refractivity contribution in [2.75, 3.05) is 0 Å². The molecule has 2 N–H and O–H groups in total. The molecule has 0 aromatic carbocycles. The summed E-state index contributed by atoms with van der Waals surface area (Å²) in [6, 6.07) is 0. The van der Waals surface area contributed by atoms with E-state index in [9.17, 15) is 14.7 Å². The van der Waals surface area contributed by atoms with E-state index < -0.39 is 12.1 Å². The van der Waals surface area contributed by atoms with Crippen molar-refractivity contribution >= 4 is 11.8 Å². The topological polar surface area (TPSA) is 74.6 Å². The Bertz CT molecular complexity index is 575. The van der Waals surface area contributed by atoms with E-state index in [-0.39, 0.29) is 35.4 Å². The van der Waals surface area contributed by atoms with Crippen molar-refractivity contribution in [1.29, 1.82) is 0 Å². The maximum atomic E-state index is 12.1. The number of aliphatic carboxylic acids is 1. The first-order valence-electron chi connectivity index (χ1n) is 9.90. The number of carboxylic acid groups (broad SMARTS) is 1. The Hall–Kier alpha value is -1.68. The van der Waals surface area contributed by atoms with Crippen LogP contribution in [0.1, 0.15) is 52.4 Å². The number of carbonyl (C=O) groups is 2. The van der Waals surface area contributed by atoms with E-state index in [2.05, 4.69) is 13.8 Å². The number of carboxylic acids is 1. The zero-order valence-electron chi connectivity index (χ0n) is 15.9. The second-order valence-corrected chi connectivity index (χ2v) is 7.82. The molecule has 2 rings (SSSR count). The molecule has 1 fully saturated rings. The molecule has 6 atom stereocenters. The minimum absolute atomic E-state index is 0.0351. The Morgan fingerprint density at radius 3 is 2.73 bits per heavy atom. The van der Waals surface area contributed by atoms with Crippen molar-refractivity contribution in [2.24, 2.45) is 29.6 Å². The van der Waals surface area contributed by atoms with Gasteiger partial charge in [0.15, 0.2) is 5.78 Å². The Balaban J connectivity index is 1.79. The molecule has 0 aromatic rings. The first-order valence-corrected chi connectivity index (χ1v) is 9.90. The van der Waals surface area contributed by atoms with Gasteiger partial charge in [0.05, 0.1) is 12.0 Å². The first kappa shape index (κ1) is 20.6. The molecule has 0 aliphatic heterocycles. The lowest BCUT2D eigenvalue weighted by Crippen LogP contribution is -2.17. The van der Waals surface area contributed by atoms with Crippen LogP contribution in [0.15, 0.2) is 36.5 Å². The van der Waals surface area contributed by atoms with Gasteiger partial charge in [-0.1, -0.05) is 57.1 Å². The minimum Gasteiger partial charge on any atom is -0.481 e. The molecule has 0 amide bonds. The minimum atomic E-state index is -0.699. The Morgan fingerprint density at radius 2 is 2.08 bits per heavy atom. The summed E-state index contributed by atoms with van der Waals surface area (Å²) >= 11 is 0. The van der Waals surface area contributed by atoms with Gasteiger partial charge in [-0.3, -0.25) is 9.59 Å². The zero-order chi connectivity index (χ0) is 19.1. The van der Waals surface area contributed by atoms with Gasteiger partial charge in [0.1, 0.15) is 0 Å². The predicted octanol–water partition coefficient (Wildman–Crippen LogP) is 4.16. The molecule has 0 spiro atoms. The van der Waals surface area contributed by atoms with Gasteiger partial charge in [-0.05, 0) is 43.6 Å². The molecule has 144 valence electrons. The van der Waals surface area contributed by atoms with Gasteiger partial charge in [-0.2, -0.15) is 0 Å². The van der Waals surface area contributed by atoms with Crippen molar-refractivity contribution in [3.05, 3.63) is 36.5 Å². The molecule has 0 heterocycles. The van der Waals surface area contributed by atoms with Gasteiger partial charge in [-0.15, -0.1) is 0 Å². The number of aliphatic hydroxyl groups excluding tert-OH is 1. The summed E-state index contributed by atoms with van der Waals surface area (Å²) in [5, 5.41) is 19.2. The highest BCUT2D eigenvalue weighted by atomic mass is 16.4. The van der Waals surface area contributed by atoms with Crippen molar-refractivity contribution in [3.63, 3.8) is 0 Å². The zero-order valence-corrected chi connectivity index (χ0v) is 15.9. The fourth-order valence-electron chi connectivity index (χ4n) is 3.58. The largest absolute Gasteiger partial charge is 0.481 e. The molecule has 1 saturated carbocycles. The number of allylic oxidation sites excluding steroid dienone is 5. The summed E-state index contributed by atoms with van der Waals surface area (Å²) in [6.07, 6.45) is 16.4. The average Bonchev–Trinajstić information content (AvgIpc) is 3.32. The van der Waals surface area contributed by atoms with Gasteiger partial charge in [-0.25, -0.2) is 0 Å². The summed E-state index contributed by atoms with van der Waals surface area (Å²) in [6.45, 7) is 4.20. The second-order valence-electron chi connectivity index (χ2n) is 7.82. The smallest absolute Gasteiger partial charge is 0.306 e. The third-order valence-corrected chi connectivity index (χ3v) is 5.67. The molecular formula is C22H32O4. The third-order valence-electron chi connectivity index (χ3n) is 5.67. The van der Waals surface area contributed by atoms with E-state index in [4.69, 9.17) is 5.11 Å². The van der Waals surface area contributed by atoms with Crippen molar-refractivity contribution in [2.45, 2.75) is 58.5 Å². The van der Waals surface area contributed by atoms with Crippen LogP contribution in [-0.4, -0.2) is 28.1 Å². The van der Waals surface area contributed by atoms with Crippen LogP contribution in [0.4, 0.5) is 0 Å². The maximum absolute atomic E-state index is 12.1. The monoisotopic (exact) mass is 360 g/mol. The molecule has 2 aliphatic carbocycles. The lowest BCUT2D eigenvalue weighted by molar-refractivity contribution is -0.138. The molecule has 0 bridgehead atoms. The number of unbranched alkanes of at least 4 members (excludes halogenated alkanes) is 1. The van der Waals surface area contributed by atoms with E-state index in [0.29, 0.717) is 6.42 Å². The number of hydrogen-bond acceptors (Lipinski definition) is 3. The number of rotatable bonds is 11. The fourth-order valence-corrected chi connectivity index (χ4v) is 3.58. The second kappa shape index (κ2) is 9.86. The average molecular weight is 360 g/mol. The lowest BCUT2D eigenvalue weighted by atomic mass is 9.89. The third kappa shape index (κ3) is 5.94. The lowest BCUT2D eigenvalue weighted by Gasteiger charge is -2.17. The maximum Gasteiger partial charge on any atom is 0.306 e. The summed E-state index contributed by atoms with van der Waals surface area (Å²) in [5.41, 5.74) is 0. The van der Waals surface area contributed by atoms with E-state index in [1.54, 1.807) is 6.08 Å². The van der Waals surface area contributed by atoms with Crippen LogP contribution in [0.5, 0.6) is 0 Å². The van der Waals surface area contributed by atoms with Crippen LogP contribution in [0.2, 0.25) is 0 Å². The fraction of sp³-hybridized carbons (Fsp3) is 0.636. The Morgan fingerprint density at radius 1 is 1.35 bits per heavy atom. The highest BCUT2D eigenvalue weighted by molar-refractivity contribution is 5.95. The van der Waals surface area contributed by atoms with Crippen LogP contribution in [0.3, 0.4) is 0 Å². The molecule has 0 radical (unpaired) electrons. The summed E-state index contributed by atoms with van der Waals surface area (Å²) < 4.78 is 0. The van der Waals surface area contributed by atoms with Gasteiger partial charge < -0.3 is 10.2 Å². The molecule has 26 heavy (non-hydrogen) atoms. The molecule has 2 aliphatic rings. The molecule has 2 unspecified atom stereocenters. The van der Waals surface area contributed by atoms with Gasteiger partial charge in [0.25, 0.3) is 0 Å². The van der Waals surface area contributed by atoms with Crippen LogP contribution in [-0.2, 0) is 9.59 Å². The van der Waals surface area contributed by atoms with Crippen molar-refractivity contribution in [1.82, 2.24) is 0 Å². The van der Waals surface area contributed by atoms with Crippen LogP contribution in [0, 0.1) is 29.6 Å². The van der Waals surface area contributed by atoms with Crippen molar-refractivity contribution < 1.29 is 19.8 Å². The number of aliphatic hydroxyl groups is 1. The number of ketones is 1. The normalized spacial score (nSPS) is 30.3. The molecule has 4 heteroatoms. The highest BCUT2D eigenvalue weighted by Gasteiger charge is 2.41.